The first-order valence-corrected chi connectivity index (χ1v) is 9.98. The SMILES string of the molecule is COc1ccc(-c2csc(N3N=C(C)[C@@H](N=Nc4ccc([N+](=O)[O-])cc4)C3=O)n2)cc1. The largest absolute Gasteiger partial charge is 0.497 e. The number of methoxy groups -OCH3 is 1. The molecular weight excluding hydrogens is 420 g/mol. The Labute approximate surface area is 180 Å². The van der Waals surface area contributed by atoms with Crippen LogP contribution in [0.3, 0.4) is 0 Å². The molecule has 0 saturated heterocycles. The monoisotopic (exact) mass is 436 g/mol. The quantitative estimate of drug-likeness (QED) is 0.317. The van der Waals surface area contributed by atoms with Crippen molar-refractivity contribution in [1.29, 1.82) is 0 Å². The van der Waals surface area contributed by atoms with Gasteiger partial charge in [-0.15, -0.1) is 11.3 Å². The zero-order valence-corrected chi connectivity index (χ0v) is 17.3. The van der Waals surface area contributed by atoms with Crippen molar-refractivity contribution in [2.75, 3.05) is 12.1 Å². The number of benzene rings is 2. The van der Waals surface area contributed by atoms with E-state index in [1.807, 2.05) is 29.6 Å². The summed E-state index contributed by atoms with van der Waals surface area (Å²) in [5.74, 6) is 0.383. The van der Waals surface area contributed by atoms with Crippen LogP contribution in [0.4, 0.5) is 16.5 Å². The Morgan fingerprint density at radius 1 is 1.16 bits per heavy atom. The van der Waals surface area contributed by atoms with Gasteiger partial charge in [-0.25, -0.2) is 4.98 Å². The minimum Gasteiger partial charge on any atom is -0.497 e. The van der Waals surface area contributed by atoms with E-state index in [0.29, 0.717) is 16.5 Å². The molecule has 0 radical (unpaired) electrons. The molecule has 1 aliphatic heterocycles. The maximum absolute atomic E-state index is 12.8. The molecular formula is C20H16N6O4S. The third-order valence-electron chi connectivity index (χ3n) is 4.50. The number of carbonyl (C=O) groups excluding carboxylic acids is 1. The van der Waals surface area contributed by atoms with Crippen molar-refractivity contribution in [2.24, 2.45) is 15.3 Å². The molecule has 11 heteroatoms. The molecule has 31 heavy (non-hydrogen) atoms. The number of azo groups is 1. The topological polar surface area (TPSA) is 123 Å². The molecule has 0 bridgehead atoms. The van der Waals surface area contributed by atoms with Gasteiger partial charge < -0.3 is 4.74 Å². The lowest BCUT2D eigenvalue weighted by molar-refractivity contribution is -0.384. The maximum Gasteiger partial charge on any atom is 0.282 e. The first kappa shape index (κ1) is 20.3. The second-order valence-corrected chi connectivity index (χ2v) is 7.36. The third-order valence-corrected chi connectivity index (χ3v) is 5.32. The minimum absolute atomic E-state index is 0.0451. The van der Waals surface area contributed by atoms with Gasteiger partial charge in [0, 0.05) is 23.1 Å². The van der Waals surface area contributed by atoms with E-state index in [1.54, 1.807) is 14.0 Å². The zero-order chi connectivity index (χ0) is 22.0. The van der Waals surface area contributed by atoms with Gasteiger partial charge in [0.1, 0.15) is 5.75 Å². The number of non-ortho nitro benzene ring substituents is 1. The van der Waals surface area contributed by atoms with Crippen LogP contribution in [-0.4, -0.2) is 34.7 Å². The van der Waals surface area contributed by atoms with Crippen LogP contribution in [0.5, 0.6) is 5.75 Å². The van der Waals surface area contributed by atoms with Gasteiger partial charge >= 0.3 is 0 Å². The van der Waals surface area contributed by atoms with Gasteiger partial charge in [0.15, 0.2) is 6.04 Å². The smallest absolute Gasteiger partial charge is 0.282 e. The molecule has 0 unspecified atom stereocenters. The van der Waals surface area contributed by atoms with Crippen molar-refractivity contribution in [2.45, 2.75) is 13.0 Å². The fourth-order valence-electron chi connectivity index (χ4n) is 2.85. The molecule has 2 aromatic carbocycles. The van der Waals surface area contributed by atoms with Gasteiger partial charge in [-0.1, -0.05) is 0 Å². The van der Waals surface area contributed by atoms with Crippen LogP contribution in [0.1, 0.15) is 6.92 Å². The van der Waals surface area contributed by atoms with Crippen molar-refractivity contribution in [1.82, 2.24) is 4.98 Å². The average Bonchev–Trinajstić information content (AvgIpc) is 3.37. The number of hydrogen-bond donors (Lipinski definition) is 0. The lowest BCUT2D eigenvalue weighted by Crippen LogP contribution is -2.29. The van der Waals surface area contributed by atoms with E-state index in [4.69, 9.17) is 4.74 Å². The predicted molar refractivity (Wildman–Crippen MR) is 116 cm³/mol. The molecule has 1 aliphatic rings. The fourth-order valence-corrected chi connectivity index (χ4v) is 3.64. The van der Waals surface area contributed by atoms with E-state index in [-0.39, 0.29) is 11.6 Å². The molecule has 0 aliphatic carbocycles. The number of hydrazone groups is 1. The van der Waals surface area contributed by atoms with Crippen LogP contribution in [0, 0.1) is 10.1 Å². The highest BCUT2D eigenvalue weighted by Gasteiger charge is 2.36. The van der Waals surface area contributed by atoms with Gasteiger partial charge in [0.25, 0.3) is 11.6 Å². The average molecular weight is 436 g/mol. The van der Waals surface area contributed by atoms with Gasteiger partial charge in [0.05, 0.1) is 29.1 Å². The highest BCUT2D eigenvalue weighted by Crippen LogP contribution is 2.31. The summed E-state index contributed by atoms with van der Waals surface area (Å²) < 4.78 is 5.16. The second kappa shape index (κ2) is 8.40. The van der Waals surface area contributed by atoms with Crippen molar-refractivity contribution in [3.05, 3.63) is 64.0 Å². The number of anilines is 1. The lowest BCUT2D eigenvalue weighted by Gasteiger charge is -2.08. The molecule has 2 heterocycles. The molecule has 156 valence electrons. The van der Waals surface area contributed by atoms with Crippen molar-refractivity contribution >= 4 is 39.5 Å². The molecule has 0 spiro atoms. The summed E-state index contributed by atoms with van der Waals surface area (Å²) in [6.07, 6.45) is 0. The van der Waals surface area contributed by atoms with Gasteiger partial charge in [-0.05, 0) is 43.3 Å². The van der Waals surface area contributed by atoms with E-state index in [1.165, 1.54) is 40.6 Å². The van der Waals surface area contributed by atoms with E-state index in [2.05, 4.69) is 20.3 Å². The van der Waals surface area contributed by atoms with Crippen molar-refractivity contribution < 1.29 is 14.5 Å². The standard InChI is InChI=1S/C20H16N6O4S/c1-12-18(23-22-14-5-7-15(8-6-14)26(28)29)19(27)25(24-12)20-21-17(11-31-20)13-3-9-16(30-2)10-4-13/h3-11,18H,1-2H3/t18-/m1/s1. The number of nitrogens with zero attached hydrogens (tertiary/aromatic N) is 6. The predicted octanol–water partition coefficient (Wildman–Crippen LogP) is 4.60. The number of nitro groups is 1. The molecule has 0 fully saturated rings. The Bertz CT molecular complexity index is 1190. The molecule has 0 N–H and O–H groups in total. The molecule has 1 amide bonds. The molecule has 10 nitrogen and oxygen atoms in total. The summed E-state index contributed by atoms with van der Waals surface area (Å²) in [6, 6.07) is 12.2. The molecule has 0 saturated carbocycles. The third kappa shape index (κ3) is 4.16. The number of ether oxygens (including phenoxy) is 1. The van der Waals surface area contributed by atoms with Crippen LogP contribution < -0.4 is 9.75 Å². The Morgan fingerprint density at radius 2 is 1.87 bits per heavy atom. The van der Waals surface area contributed by atoms with Crippen LogP contribution in [-0.2, 0) is 4.79 Å². The summed E-state index contributed by atoms with van der Waals surface area (Å²) in [4.78, 5) is 27.6. The molecule has 4 rings (SSSR count). The van der Waals surface area contributed by atoms with Gasteiger partial charge in [-0.3, -0.25) is 14.9 Å². The molecule has 1 aromatic heterocycles. The lowest BCUT2D eigenvalue weighted by atomic mass is 10.2. The molecule has 3 aromatic rings. The van der Waals surface area contributed by atoms with Crippen molar-refractivity contribution in [3.8, 4) is 17.0 Å². The second-order valence-electron chi connectivity index (χ2n) is 6.53. The van der Waals surface area contributed by atoms with Crippen LogP contribution >= 0.6 is 11.3 Å². The summed E-state index contributed by atoms with van der Waals surface area (Å²) >= 11 is 1.30. The van der Waals surface area contributed by atoms with E-state index >= 15 is 0 Å². The first-order chi connectivity index (χ1) is 15.0. The number of aromatic nitrogens is 1. The molecule has 1 atom stereocenters. The number of rotatable bonds is 6. The van der Waals surface area contributed by atoms with E-state index in [0.717, 1.165) is 17.0 Å². The number of nitro benzene ring substituents is 1. The first-order valence-electron chi connectivity index (χ1n) is 9.10. The zero-order valence-electron chi connectivity index (χ0n) is 16.5. The Hall–Kier alpha value is -3.99. The van der Waals surface area contributed by atoms with Gasteiger partial charge in [-0.2, -0.15) is 20.3 Å². The summed E-state index contributed by atoms with van der Waals surface area (Å²) in [6.45, 7) is 1.69. The summed E-state index contributed by atoms with van der Waals surface area (Å²) in [5.41, 5.74) is 2.46. The van der Waals surface area contributed by atoms with Gasteiger partial charge in [0.2, 0.25) is 5.13 Å². The Kier molecular flexibility index (Phi) is 5.50. The Morgan fingerprint density at radius 3 is 2.52 bits per heavy atom. The van der Waals surface area contributed by atoms with Crippen molar-refractivity contribution in [3.63, 3.8) is 0 Å². The normalized spacial score (nSPS) is 16.1. The minimum atomic E-state index is -0.872. The number of amides is 1. The number of hydrogen-bond acceptors (Lipinski definition) is 9. The Balaban J connectivity index is 1.50. The number of thiazole rings is 1. The number of carbonyl (C=O) groups is 1. The summed E-state index contributed by atoms with van der Waals surface area (Å²) in [5, 5.41) is 26.7. The van der Waals surface area contributed by atoms with Crippen LogP contribution in [0.25, 0.3) is 11.3 Å². The maximum atomic E-state index is 12.8. The van der Waals surface area contributed by atoms with E-state index in [9.17, 15) is 14.9 Å². The van der Waals surface area contributed by atoms with Crippen LogP contribution in [0.15, 0.2) is 69.2 Å². The van der Waals surface area contributed by atoms with Crippen LogP contribution in [0.2, 0.25) is 0 Å². The highest BCUT2D eigenvalue weighted by molar-refractivity contribution is 7.14. The fraction of sp³-hybridized carbons (Fsp3) is 0.150. The highest BCUT2D eigenvalue weighted by atomic mass is 32.1. The van der Waals surface area contributed by atoms with E-state index < -0.39 is 11.0 Å². The summed E-state index contributed by atoms with van der Waals surface area (Å²) in [7, 11) is 1.60.